The van der Waals surface area contributed by atoms with Gasteiger partial charge in [0.2, 0.25) is 5.91 Å². The molecule has 0 atom stereocenters. The highest BCUT2D eigenvalue weighted by Gasteiger charge is 2.24. The van der Waals surface area contributed by atoms with Crippen molar-refractivity contribution in [1.29, 1.82) is 0 Å². The molecule has 0 spiro atoms. The Morgan fingerprint density at radius 2 is 2.11 bits per heavy atom. The van der Waals surface area contributed by atoms with Gasteiger partial charge in [0.25, 0.3) is 5.91 Å². The third-order valence-electron chi connectivity index (χ3n) is 3.02. The normalized spacial score (nSPS) is 16.6. The molecular weight excluding hydrogens is 234 g/mol. The monoisotopic (exact) mass is 249 g/mol. The first-order valence-electron chi connectivity index (χ1n) is 5.80. The molecule has 1 aliphatic rings. The molecule has 2 rings (SSSR count). The predicted octanol–water partition coefficient (Wildman–Crippen LogP) is -0.321. The number of aromatic amines is 1. The molecule has 6 nitrogen and oxygen atoms in total. The predicted molar refractivity (Wildman–Crippen MR) is 65.2 cm³/mol. The van der Waals surface area contributed by atoms with Crippen LogP contribution in [0, 0.1) is 0 Å². The summed E-state index contributed by atoms with van der Waals surface area (Å²) >= 11 is 0. The van der Waals surface area contributed by atoms with Gasteiger partial charge in [-0.05, 0) is 6.42 Å². The number of hydrogen-bond donors (Lipinski definition) is 1. The van der Waals surface area contributed by atoms with E-state index in [2.05, 4.69) is 4.98 Å². The summed E-state index contributed by atoms with van der Waals surface area (Å²) in [7, 11) is 1.71. The van der Waals surface area contributed by atoms with Crippen molar-refractivity contribution < 1.29 is 9.59 Å². The summed E-state index contributed by atoms with van der Waals surface area (Å²) < 4.78 is 0. The first-order chi connectivity index (χ1) is 8.59. The zero-order valence-electron chi connectivity index (χ0n) is 10.2. The summed E-state index contributed by atoms with van der Waals surface area (Å²) in [5.41, 5.74) is -0.251. The van der Waals surface area contributed by atoms with Crippen LogP contribution in [-0.4, -0.2) is 53.3 Å². The largest absolute Gasteiger partial charge is 0.367 e. The van der Waals surface area contributed by atoms with Gasteiger partial charge in [0.1, 0.15) is 12.1 Å². The SMILES string of the molecule is CN1CCCN(C(=O)c2c[nH]ccc2=O)CC1=O. The molecule has 0 saturated carbocycles. The number of carbonyl (C=O) groups is 2. The zero-order chi connectivity index (χ0) is 13.1. The van der Waals surface area contributed by atoms with Crippen molar-refractivity contribution in [2.24, 2.45) is 0 Å². The summed E-state index contributed by atoms with van der Waals surface area (Å²) in [6.45, 7) is 1.15. The number of aromatic nitrogens is 1. The van der Waals surface area contributed by atoms with Gasteiger partial charge in [0, 0.05) is 38.6 Å². The van der Waals surface area contributed by atoms with Gasteiger partial charge in [-0.2, -0.15) is 0 Å². The number of nitrogens with zero attached hydrogens (tertiary/aromatic N) is 2. The molecule has 0 aromatic carbocycles. The molecule has 6 heteroatoms. The smallest absolute Gasteiger partial charge is 0.259 e. The molecule has 1 saturated heterocycles. The molecule has 2 heterocycles. The highest BCUT2D eigenvalue weighted by Crippen LogP contribution is 2.06. The number of likely N-dealkylation sites (N-methyl/N-ethyl adjacent to an activating group) is 1. The minimum atomic E-state index is -0.388. The second kappa shape index (κ2) is 5.03. The molecular formula is C12H15N3O3. The molecule has 1 fully saturated rings. The van der Waals surface area contributed by atoms with Gasteiger partial charge >= 0.3 is 0 Å². The number of carbonyl (C=O) groups excluding carboxylic acids is 2. The number of nitrogens with one attached hydrogen (secondary N) is 1. The fraction of sp³-hybridized carbons (Fsp3) is 0.417. The van der Waals surface area contributed by atoms with Crippen LogP contribution in [0.3, 0.4) is 0 Å². The van der Waals surface area contributed by atoms with E-state index < -0.39 is 0 Å². The van der Waals surface area contributed by atoms with E-state index in [1.165, 1.54) is 23.4 Å². The van der Waals surface area contributed by atoms with E-state index in [0.29, 0.717) is 13.1 Å². The first kappa shape index (κ1) is 12.3. The van der Waals surface area contributed by atoms with Gasteiger partial charge in [-0.1, -0.05) is 0 Å². The van der Waals surface area contributed by atoms with Crippen molar-refractivity contribution in [2.75, 3.05) is 26.7 Å². The van der Waals surface area contributed by atoms with Gasteiger partial charge in [0.05, 0.1) is 0 Å². The molecule has 1 aromatic rings. The van der Waals surface area contributed by atoms with Crippen molar-refractivity contribution in [2.45, 2.75) is 6.42 Å². The van der Waals surface area contributed by atoms with Gasteiger partial charge in [-0.3, -0.25) is 14.4 Å². The van der Waals surface area contributed by atoms with Gasteiger partial charge < -0.3 is 14.8 Å². The molecule has 0 aliphatic carbocycles. The number of H-pyrrole nitrogens is 1. The Hall–Kier alpha value is -2.11. The maximum absolute atomic E-state index is 12.2. The number of amides is 2. The van der Waals surface area contributed by atoms with Crippen LogP contribution in [0.2, 0.25) is 0 Å². The molecule has 1 aromatic heterocycles. The lowest BCUT2D eigenvalue weighted by molar-refractivity contribution is -0.129. The van der Waals surface area contributed by atoms with Gasteiger partial charge in [0.15, 0.2) is 5.43 Å². The van der Waals surface area contributed by atoms with Crippen LogP contribution in [0.5, 0.6) is 0 Å². The second-order valence-corrected chi connectivity index (χ2v) is 4.32. The summed E-state index contributed by atoms with van der Waals surface area (Å²) in [5, 5.41) is 0. The van der Waals surface area contributed by atoms with Crippen LogP contribution in [0.25, 0.3) is 0 Å². The minimum Gasteiger partial charge on any atom is -0.367 e. The maximum Gasteiger partial charge on any atom is 0.259 e. The molecule has 0 radical (unpaired) electrons. The maximum atomic E-state index is 12.2. The van der Waals surface area contributed by atoms with E-state index in [0.717, 1.165) is 6.42 Å². The van der Waals surface area contributed by atoms with Crippen LogP contribution < -0.4 is 5.43 Å². The number of hydrogen-bond acceptors (Lipinski definition) is 3. The zero-order valence-corrected chi connectivity index (χ0v) is 10.2. The Bertz CT molecular complexity index is 523. The van der Waals surface area contributed by atoms with Crippen LogP contribution in [-0.2, 0) is 4.79 Å². The third kappa shape index (κ3) is 2.42. The molecule has 18 heavy (non-hydrogen) atoms. The molecule has 0 unspecified atom stereocenters. The third-order valence-corrected chi connectivity index (χ3v) is 3.02. The molecule has 1 aliphatic heterocycles. The lowest BCUT2D eigenvalue weighted by atomic mass is 10.2. The van der Waals surface area contributed by atoms with Crippen LogP contribution in [0.4, 0.5) is 0 Å². The van der Waals surface area contributed by atoms with Crippen molar-refractivity contribution in [3.05, 3.63) is 34.2 Å². The summed E-state index contributed by atoms with van der Waals surface area (Å²) in [6, 6.07) is 1.30. The molecule has 0 bridgehead atoms. The van der Waals surface area contributed by atoms with Crippen molar-refractivity contribution in [1.82, 2.24) is 14.8 Å². The van der Waals surface area contributed by atoms with E-state index in [9.17, 15) is 14.4 Å². The van der Waals surface area contributed by atoms with Crippen molar-refractivity contribution in [3.63, 3.8) is 0 Å². The average Bonchev–Trinajstić information content (AvgIpc) is 2.52. The Morgan fingerprint density at radius 3 is 2.83 bits per heavy atom. The second-order valence-electron chi connectivity index (χ2n) is 4.32. The standard InChI is InChI=1S/C12H15N3O3/c1-14-5-2-6-15(8-11(14)17)12(18)9-7-13-4-3-10(9)16/h3-4,7H,2,5-6,8H2,1H3,(H,13,16). The topological polar surface area (TPSA) is 73.5 Å². The Balaban J connectivity index is 2.21. The van der Waals surface area contributed by atoms with Gasteiger partial charge in [-0.15, -0.1) is 0 Å². The Morgan fingerprint density at radius 1 is 1.33 bits per heavy atom. The number of rotatable bonds is 1. The highest BCUT2D eigenvalue weighted by atomic mass is 16.2. The van der Waals surface area contributed by atoms with E-state index in [4.69, 9.17) is 0 Å². The van der Waals surface area contributed by atoms with E-state index in [1.54, 1.807) is 11.9 Å². The van der Waals surface area contributed by atoms with Crippen molar-refractivity contribution in [3.8, 4) is 0 Å². The van der Waals surface area contributed by atoms with Crippen molar-refractivity contribution >= 4 is 11.8 Å². The minimum absolute atomic E-state index is 0.0314. The van der Waals surface area contributed by atoms with Crippen LogP contribution in [0.15, 0.2) is 23.3 Å². The van der Waals surface area contributed by atoms with Crippen LogP contribution in [0.1, 0.15) is 16.8 Å². The molecule has 96 valence electrons. The summed E-state index contributed by atoms with van der Waals surface area (Å²) in [5.74, 6) is -0.492. The van der Waals surface area contributed by atoms with E-state index >= 15 is 0 Å². The lowest BCUT2D eigenvalue weighted by Gasteiger charge is -2.19. The van der Waals surface area contributed by atoms with Crippen LogP contribution >= 0.6 is 0 Å². The first-order valence-corrected chi connectivity index (χ1v) is 5.80. The number of pyridine rings is 1. The fourth-order valence-electron chi connectivity index (χ4n) is 1.91. The Kier molecular flexibility index (Phi) is 3.45. The van der Waals surface area contributed by atoms with Gasteiger partial charge in [-0.25, -0.2) is 0 Å². The highest BCUT2D eigenvalue weighted by molar-refractivity contribution is 5.96. The van der Waals surface area contributed by atoms with E-state index in [1.807, 2.05) is 0 Å². The van der Waals surface area contributed by atoms with E-state index in [-0.39, 0.29) is 29.4 Å². The lowest BCUT2D eigenvalue weighted by Crippen LogP contribution is -2.39. The average molecular weight is 249 g/mol. The Labute approximate surface area is 104 Å². The summed E-state index contributed by atoms with van der Waals surface area (Å²) in [4.78, 5) is 41.2. The quantitative estimate of drug-likeness (QED) is 0.741. The molecule has 2 amide bonds. The fourth-order valence-corrected chi connectivity index (χ4v) is 1.91. The molecule has 1 N–H and O–H groups in total. The summed E-state index contributed by atoms with van der Waals surface area (Å²) in [6.07, 6.45) is 3.57.